The molecule has 0 fully saturated rings. The summed E-state index contributed by atoms with van der Waals surface area (Å²) in [4.78, 5) is 14.3. The van der Waals surface area contributed by atoms with E-state index in [4.69, 9.17) is 0 Å². The fraction of sp³-hybridized carbons (Fsp3) is 0.250. The first-order chi connectivity index (χ1) is 7.20. The summed E-state index contributed by atoms with van der Waals surface area (Å²) >= 11 is 0. The number of H-pyrrole nitrogens is 1. The average Bonchev–Trinajstić information content (AvgIpc) is 2.61. The van der Waals surface area contributed by atoms with Crippen molar-refractivity contribution in [3.63, 3.8) is 0 Å². The summed E-state index contributed by atoms with van der Waals surface area (Å²) in [5, 5.41) is 0. The lowest BCUT2D eigenvalue weighted by molar-refractivity contribution is 0.586. The molecule has 1 aromatic heterocycles. The third-order valence-corrected chi connectivity index (χ3v) is 2.40. The van der Waals surface area contributed by atoms with E-state index in [-0.39, 0.29) is 11.7 Å². The van der Waals surface area contributed by atoms with Gasteiger partial charge in [-0.25, -0.2) is 4.79 Å². The zero-order valence-corrected chi connectivity index (χ0v) is 8.90. The van der Waals surface area contributed by atoms with E-state index in [0.717, 1.165) is 11.3 Å². The normalized spacial score (nSPS) is 10.9. The van der Waals surface area contributed by atoms with Crippen molar-refractivity contribution in [3.8, 4) is 11.3 Å². The van der Waals surface area contributed by atoms with Crippen LogP contribution in [0.2, 0.25) is 0 Å². The fourth-order valence-corrected chi connectivity index (χ4v) is 1.72. The number of imidazole rings is 1. The molecule has 15 heavy (non-hydrogen) atoms. The number of nitrogens with zero attached hydrogens (tertiary/aromatic N) is 1. The molecule has 0 aliphatic heterocycles. The standard InChI is InChI=1S/C12H14N2O/c1-9(2)14-11(8-13-12(14)15)10-6-4-3-5-7-10/h3-9H,1-2H3,(H,13,15). The molecule has 0 radical (unpaired) electrons. The zero-order valence-electron chi connectivity index (χ0n) is 8.90. The van der Waals surface area contributed by atoms with Gasteiger partial charge in [0.2, 0.25) is 0 Å². The van der Waals surface area contributed by atoms with E-state index in [1.165, 1.54) is 0 Å². The van der Waals surface area contributed by atoms with Gasteiger partial charge in [-0.2, -0.15) is 0 Å². The second-order valence-electron chi connectivity index (χ2n) is 3.81. The SMILES string of the molecule is CC(C)n1c(-c2ccccc2)c[nH]c1=O. The van der Waals surface area contributed by atoms with E-state index in [1.807, 2.05) is 44.2 Å². The lowest BCUT2D eigenvalue weighted by atomic mass is 10.1. The van der Waals surface area contributed by atoms with Gasteiger partial charge < -0.3 is 4.98 Å². The fourth-order valence-electron chi connectivity index (χ4n) is 1.72. The Hall–Kier alpha value is -1.77. The number of aromatic nitrogens is 2. The molecule has 0 aliphatic rings. The Morgan fingerprint density at radius 2 is 1.87 bits per heavy atom. The van der Waals surface area contributed by atoms with E-state index in [9.17, 15) is 4.79 Å². The lowest BCUT2D eigenvalue weighted by Crippen LogP contribution is -2.19. The summed E-state index contributed by atoms with van der Waals surface area (Å²) < 4.78 is 1.76. The second-order valence-corrected chi connectivity index (χ2v) is 3.81. The van der Waals surface area contributed by atoms with Crippen molar-refractivity contribution < 1.29 is 0 Å². The van der Waals surface area contributed by atoms with Crippen molar-refractivity contribution in [3.05, 3.63) is 47.0 Å². The Labute approximate surface area is 88.4 Å². The van der Waals surface area contributed by atoms with Gasteiger partial charge in [0.15, 0.2) is 0 Å². The summed E-state index contributed by atoms with van der Waals surface area (Å²) in [6.07, 6.45) is 1.76. The van der Waals surface area contributed by atoms with Crippen LogP contribution in [0.25, 0.3) is 11.3 Å². The van der Waals surface area contributed by atoms with Gasteiger partial charge in [0.05, 0.1) is 5.69 Å². The number of rotatable bonds is 2. The van der Waals surface area contributed by atoms with Crippen molar-refractivity contribution in [2.45, 2.75) is 19.9 Å². The minimum Gasteiger partial charge on any atom is -0.312 e. The molecule has 0 aliphatic carbocycles. The van der Waals surface area contributed by atoms with Crippen molar-refractivity contribution in [2.75, 3.05) is 0 Å². The number of benzene rings is 1. The highest BCUT2D eigenvalue weighted by atomic mass is 16.1. The van der Waals surface area contributed by atoms with Crippen LogP contribution >= 0.6 is 0 Å². The molecular formula is C12H14N2O. The maximum Gasteiger partial charge on any atom is 0.326 e. The highest BCUT2D eigenvalue weighted by molar-refractivity contribution is 5.58. The van der Waals surface area contributed by atoms with Gasteiger partial charge in [-0.1, -0.05) is 30.3 Å². The third-order valence-electron chi connectivity index (χ3n) is 2.40. The van der Waals surface area contributed by atoms with Crippen molar-refractivity contribution >= 4 is 0 Å². The molecule has 3 nitrogen and oxygen atoms in total. The monoisotopic (exact) mass is 202 g/mol. The number of aromatic amines is 1. The number of hydrogen-bond donors (Lipinski definition) is 1. The van der Waals surface area contributed by atoms with Crippen LogP contribution in [-0.4, -0.2) is 9.55 Å². The molecule has 2 aromatic rings. The molecule has 0 spiro atoms. The van der Waals surface area contributed by atoms with Gasteiger partial charge in [-0.05, 0) is 19.4 Å². The minimum absolute atomic E-state index is 0.0520. The average molecular weight is 202 g/mol. The third kappa shape index (κ3) is 1.73. The molecule has 1 aromatic carbocycles. The molecule has 0 unspecified atom stereocenters. The number of nitrogens with one attached hydrogen (secondary N) is 1. The van der Waals surface area contributed by atoms with Crippen molar-refractivity contribution in [1.82, 2.24) is 9.55 Å². The number of hydrogen-bond acceptors (Lipinski definition) is 1. The summed E-state index contributed by atoms with van der Waals surface area (Å²) in [5.41, 5.74) is 1.95. The zero-order chi connectivity index (χ0) is 10.8. The van der Waals surface area contributed by atoms with Crippen molar-refractivity contribution in [2.24, 2.45) is 0 Å². The van der Waals surface area contributed by atoms with E-state index in [1.54, 1.807) is 10.8 Å². The largest absolute Gasteiger partial charge is 0.326 e. The Bertz CT molecular complexity index is 494. The predicted octanol–water partition coefficient (Wildman–Crippen LogP) is 2.42. The van der Waals surface area contributed by atoms with E-state index in [0.29, 0.717) is 0 Å². The molecule has 2 rings (SSSR count). The van der Waals surface area contributed by atoms with E-state index < -0.39 is 0 Å². The summed E-state index contributed by atoms with van der Waals surface area (Å²) in [6.45, 7) is 4.00. The molecule has 0 atom stereocenters. The molecule has 3 heteroatoms. The van der Waals surface area contributed by atoms with Gasteiger partial charge in [0, 0.05) is 12.2 Å². The quantitative estimate of drug-likeness (QED) is 0.798. The van der Waals surface area contributed by atoms with Crippen molar-refractivity contribution in [1.29, 1.82) is 0 Å². The molecule has 0 saturated carbocycles. The summed E-state index contributed by atoms with van der Waals surface area (Å²) in [5.74, 6) is 0. The van der Waals surface area contributed by atoms with E-state index in [2.05, 4.69) is 4.98 Å². The Kier molecular flexibility index (Phi) is 2.46. The molecule has 0 bridgehead atoms. The molecule has 0 amide bonds. The molecule has 1 N–H and O–H groups in total. The van der Waals surface area contributed by atoms with Crippen LogP contribution < -0.4 is 5.69 Å². The molecule has 1 heterocycles. The highest BCUT2D eigenvalue weighted by Crippen LogP contribution is 2.19. The lowest BCUT2D eigenvalue weighted by Gasteiger charge is -2.10. The molecule has 0 saturated heterocycles. The maximum absolute atomic E-state index is 11.6. The van der Waals surface area contributed by atoms with Crippen LogP contribution in [0.1, 0.15) is 19.9 Å². The summed E-state index contributed by atoms with van der Waals surface area (Å²) in [7, 11) is 0. The molecular weight excluding hydrogens is 188 g/mol. The first-order valence-corrected chi connectivity index (χ1v) is 5.05. The van der Waals surface area contributed by atoms with Crippen LogP contribution in [0.5, 0.6) is 0 Å². The van der Waals surface area contributed by atoms with Gasteiger partial charge >= 0.3 is 5.69 Å². The first-order valence-electron chi connectivity index (χ1n) is 5.05. The Balaban J connectivity index is 2.59. The maximum atomic E-state index is 11.6. The van der Waals surface area contributed by atoms with Gasteiger partial charge in [-0.15, -0.1) is 0 Å². The van der Waals surface area contributed by atoms with Crippen LogP contribution in [-0.2, 0) is 0 Å². The summed E-state index contributed by atoms with van der Waals surface area (Å²) in [6, 6.07) is 10.1. The van der Waals surface area contributed by atoms with E-state index >= 15 is 0 Å². The van der Waals surface area contributed by atoms with Gasteiger partial charge in [0.25, 0.3) is 0 Å². The smallest absolute Gasteiger partial charge is 0.312 e. The predicted molar refractivity (Wildman–Crippen MR) is 60.9 cm³/mol. The van der Waals surface area contributed by atoms with Crippen LogP contribution in [0.4, 0.5) is 0 Å². The minimum atomic E-state index is -0.0520. The highest BCUT2D eigenvalue weighted by Gasteiger charge is 2.10. The van der Waals surface area contributed by atoms with Gasteiger partial charge in [0.1, 0.15) is 0 Å². The second kappa shape index (κ2) is 3.77. The molecule has 78 valence electrons. The topological polar surface area (TPSA) is 37.8 Å². The van der Waals surface area contributed by atoms with Crippen LogP contribution in [0, 0.1) is 0 Å². The van der Waals surface area contributed by atoms with Crippen LogP contribution in [0.3, 0.4) is 0 Å². The first kappa shape index (κ1) is 9.77. The Morgan fingerprint density at radius 3 is 2.47 bits per heavy atom. The van der Waals surface area contributed by atoms with Gasteiger partial charge in [-0.3, -0.25) is 4.57 Å². The Morgan fingerprint density at radius 1 is 1.20 bits per heavy atom. The van der Waals surface area contributed by atoms with Crippen LogP contribution in [0.15, 0.2) is 41.3 Å².